The molecule has 0 bridgehead atoms. The highest BCUT2D eigenvalue weighted by atomic mass is 16.2. The van der Waals surface area contributed by atoms with Crippen LogP contribution in [0.15, 0.2) is 36.4 Å². The Bertz CT molecular complexity index is 993. The molecule has 0 unspecified atom stereocenters. The Labute approximate surface area is 151 Å². The van der Waals surface area contributed by atoms with Crippen molar-refractivity contribution in [1.82, 2.24) is 19.9 Å². The third kappa shape index (κ3) is 3.42. The maximum absolute atomic E-state index is 12.6. The smallest absolute Gasteiger partial charge is 0.254 e. The highest BCUT2D eigenvalue weighted by Gasteiger charge is 2.17. The zero-order valence-corrected chi connectivity index (χ0v) is 15.3. The van der Waals surface area contributed by atoms with E-state index >= 15 is 0 Å². The van der Waals surface area contributed by atoms with Gasteiger partial charge >= 0.3 is 0 Å². The Kier molecular flexibility index (Phi) is 4.71. The first-order valence-corrected chi connectivity index (χ1v) is 8.28. The minimum atomic E-state index is -0.242. The van der Waals surface area contributed by atoms with E-state index in [0.717, 1.165) is 22.3 Å². The molecule has 0 spiro atoms. The highest BCUT2D eigenvalue weighted by molar-refractivity contribution is 6.01. The van der Waals surface area contributed by atoms with E-state index in [2.05, 4.69) is 15.6 Å². The summed E-state index contributed by atoms with van der Waals surface area (Å²) in [5, 5.41) is 10.8. The van der Waals surface area contributed by atoms with Crippen LogP contribution in [0, 0.1) is 13.8 Å². The fourth-order valence-corrected chi connectivity index (χ4v) is 2.76. The van der Waals surface area contributed by atoms with Gasteiger partial charge in [0.15, 0.2) is 0 Å². The van der Waals surface area contributed by atoms with Gasteiger partial charge in [-0.05, 0) is 49.2 Å². The lowest BCUT2D eigenvalue weighted by atomic mass is 10.1. The molecule has 7 heteroatoms. The molecule has 2 aromatic carbocycles. The molecule has 1 heterocycles. The van der Waals surface area contributed by atoms with Gasteiger partial charge < -0.3 is 10.2 Å². The summed E-state index contributed by atoms with van der Waals surface area (Å²) in [6, 6.07) is 10.9. The molecule has 0 radical (unpaired) electrons. The average Bonchev–Trinajstić information content (AvgIpc) is 2.98. The topological polar surface area (TPSA) is 80.1 Å². The summed E-state index contributed by atoms with van der Waals surface area (Å²) in [5.41, 5.74) is 4.84. The number of rotatable bonds is 4. The molecular formula is C19H21N5O2. The van der Waals surface area contributed by atoms with E-state index in [-0.39, 0.29) is 18.4 Å². The van der Waals surface area contributed by atoms with E-state index in [4.69, 9.17) is 0 Å². The molecule has 26 heavy (non-hydrogen) atoms. The fourth-order valence-electron chi connectivity index (χ4n) is 2.76. The van der Waals surface area contributed by atoms with E-state index in [1.54, 1.807) is 37.0 Å². The first-order chi connectivity index (χ1) is 12.4. The number of hydrogen-bond acceptors (Lipinski definition) is 4. The minimum Gasteiger partial charge on any atom is -0.332 e. The fraction of sp³-hybridized carbons (Fsp3) is 0.263. The van der Waals surface area contributed by atoms with Crippen LogP contribution in [0.4, 0.5) is 5.69 Å². The Morgan fingerprint density at radius 2 is 1.96 bits per heavy atom. The molecule has 0 aliphatic rings. The van der Waals surface area contributed by atoms with Crippen LogP contribution in [-0.2, 0) is 11.8 Å². The molecular weight excluding hydrogens is 330 g/mol. The molecule has 0 fully saturated rings. The number of anilines is 1. The van der Waals surface area contributed by atoms with Gasteiger partial charge in [0.2, 0.25) is 5.91 Å². The van der Waals surface area contributed by atoms with Crippen LogP contribution in [0.5, 0.6) is 0 Å². The Balaban J connectivity index is 1.69. The van der Waals surface area contributed by atoms with Crippen molar-refractivity contribution >= 4 is 28.5 Å². The number of nitrogens with one attached hydrogen (secondary N) is 1. The zero-order valence-electron chi connectivity index (χ0n) is 15.3. The standard InChI is InChI=1S/C19H21N5O2/c1-12-6-5-7-15(13(12)2)20-18(25)11-23(3)19(26)14-8-9-17-16(10-14)21-22-24(17)4/h5-10H,11H2,1-4H3,(H,20,25). The van der Waals surface area contributed by atoms with Gasteiger partial charge in [-0.15, -0.1) is 5.10 Å². The van der Waals surface area contributed by atoms with Gasteiger partial charge in [0.1, 0.15) is 5.52 Å². The normalized spacial score (nSPS) is 10.8. The molecule has 0 saturated heterocycles. The molecule has 0 atom stereocenters. The molecule has 7 nitrogen and oxygen atoms in total. The first kappa shape index (κ1) is 17.6. The average molecular weight is 351 g/mol. The van der Waals surface area contributed by atoms with Gasteiger partial charge in [0, 0.05) is 25.3 Å². The number of likely N-dealkylation sites (N-methyl/N-ethyl adjacent to an activating group) is 1. The lowest BCUT2D eigenvalue weighted by Crippen LogP contribution is -2.35. The van der Waals surface area contributed by atoms with Crippen LogP contribution >= 0.6 is 0 Å². The van der Waals surface area contributed by atoms with Gasteiger partial charge in [-0.1, -0.05) is 17.3 Å². The molecule has 1 aromatic heterocycles. The number of aromatic nitrogens is 3. The van der Waals surface area contributed by atoms with Crippen LogP contribution in [0.2, 0.25) is 0 Å². The van der Waals surface area contributed by atoms with Crippen LogP contribution in [0.3, 0.4) is 0 Å². The zero-order chi connectivity index (χ0) is 18.8. The first-order valence-electron chi connectivity index (χ1n) is 8.28. The summed E-state index contributed by atoms with van der Waals surface area (Å²) in [6.45, 7) is 3.91. The molecule has 3 rings (SSSR count). The predicted octanol–water partition coefficient (Wildman–Crippen LogP) is 2.30. The summed E-state index contributed by atoms with van der Waals surface area (Å²) in [6.07, 6.45) is 0. The monoisotopic (exact) mass is 351 g/mol. The lowest BCUT2D eigenvalue weighted by Gasteiger charge is -2.18. The number of benzene rings is 2. The summed E-state index contributed by atoms with van der Waals surface area (Å²) in [7, 11) is 3.40. The van der Waals surface area contributed by atoms with Gasteiger partial charge in [-0.2, -0.15) is 0 Å². The highest BCUT2D eigenvalue weighted by Crippen LogP contribution is 2.18. The van der Waals surface area contributed by atoms with Gasteiger partial charge in [-0.3, -0.25) is 9.59 Å². The quantitative estimate of drug-likeness (QED) is 0.782. The van der Waals surface area contributed by atoms with Gasteiger partial charge in [0.25, 0.3) is 5.91 Å². The second-order valence-electron chi connectivity index (χ2n) is 6.37. The molecule has 0 aliphatic heterocycles. The second kappa shape index (κ2) is 6.95. The Morgan fingerprint density at radius 3 is 2.73 bits per heavy atom. The third-order valence-corrected chi connectivity index (χ3v) is 4.46. The van der Waals surface area contributed by atoms with Crippen LogP contribution < -0.4 is 5.32 Å². The van der Waals surface area contributed by atoms with Crippen molar-refractivity contribution in [3.05, 3.63) is 53.1 Å². The molecule has 134 valence electrons. The lowest BCUT2D eigenvalue weighted by molar-refractivity contribution is -0.116. The maximum atomic E-state index is 12.6. The van der Waals surface area contributed by atoms with E-state index in [1.165, 1.54) is 4.90 Å². The minimum absolute atomic E-state index is 0.0370. The maximum Gasteiger partial charge on any atom is 0.254 e. The van der Waals surface area contributed by atoms with Crippen LogP contribution in [0.1, 0.15) is 21.5 Å². The van der Waals surface area contributed by atoms with Crippen LogP contribution in [0.25, 0.3) is 11.0 Å². The van der Waals surface area contributed by atoms with Crippen molar-refractivity contribution in [2.75, 3.05) is 18.9 Å². The summed E-state index contributed by atoms with van der Waals surface area (Å²) >= 11 is 0. The number of hydrogen-bond donors (Lipinski definition) is 1. The van der Waals surface area contributed by atoms with E-state index in [9.17, 15) is 9.59 Å². The summed E-state index contributed by atoms with van der Waals surface area (Å²) in [5.74, 6) is -0.483. The largest absolute Gasteiger partial charge is 0.332 e. The van der Waals surface area contributed by atoms with Crippen molar-refractivity contribution in [3.63, 3.8) is 0 Å². The van der Waals surface area contributed by atoms with E-state index in [0.29, 0.717) is 11.1 Å². The van der Waals surface area contributed by atoms with Gasteiger partial charge in [-0.25, -0.2) is 4.68 Å². The van der Waals surface area contributed by atoms with E-state index < -0.39 is 0 Å². The van der Waals surface area contributed by atoms with Crippen molar-refractivity contribution in [2.24, 2.45) is 7.05 Å². The molecule has 2 amide bonds. The van der Waals surface area contributed by atoms with Crippen molar-refractivity contribution in [2.45, 2.75) is 13.8 Å². The number of fused-ring (bicyclic) bond motifs is 1. The van der Waals surface area contributed by atoms with Crippen molar-refractivity contribution < 1.29 is 9.59 Å². The van der Waals surface area contributed by atoms with E-state index in [1.807, 2.05) is 32.0 Å². The molecule has 3 aromatic rings. The SMILES string of the molecule is Cc1cccc(NC(=O)CN(C)C(=O)c2ccc3c(c2)nnn3C)c1C. The third-order valence-electron chi connectivity index (χ3n) is 4.46. The van der Waals surface area contributed by atoms with Crippen molar-refractivity contribution in [3.8, 4) is 0 Å². The second-order valence-corrected chi connectivity index (χ2v) is 6.37. The Hall–Kier alpha value is -3.22. The summed E-state index contributed by atoms with van der Waals surface area (Å²) < 4.78 is 1.64. The molecule has 0 aliphatic carbocycles. The summed E-state index contributed by atoms with van der Waals surface area (Å²) in [4.78, 5) is 26.3. The number of carbonyl (C=O) groups is 2. The van der Waals surface area contributed by atoms with Crippen LogP contribution in [-0.4, -0.2) is 45.3 Å². The number of nitrogens with zero attached hydrogens (tertiary/aromatic N) is 4. The Morgan fingerprint density at radius 1 is 1.19 bits per heavy atom. The molecule has 0 saturated carbocycles. The predicted molar refractivity (Wildman–Crippen MR) is 100 cm³/mol. The molecule has 1 N–H and O–H groups in total. The van der Waals surface area contributed by atoms with Gasteiger partial charge in [0.05, 0.1) is 12.1 Å². The number of aryl methyl sites for hydroxylation is 2. The number of carbonyl (C=O) groups excluding carboxylic acids is 2. The number of amides is 2. The van der Waals surface area contributed by atoms with Crippen molar-refractivity contribution in [1.29, 1.82) is 0 Å².